The summed E-state index contributed by atoms with van der Waals surface area (Å²) in [5, 5.41) is 4.31. The van der Waals surface area contributed by atoms with Crippen molar-refractivity contribution < 1.29 is 22.5 Å². The summed E-state index contributed by atoms with van der Waals surface area (Å²) in [6.07, 6.45) is 0.583. The summed E-state index contributed by atoms with van der Waals surface area (Å²) >= 11 is 6.02. The second-order valence-corrected chi connectivity index (χ2v) is 9.46. The SMILES string of the molecule is CCc1nc(CN2C(=O)COc3cc(S(=O)(=O)Nc4cc(Cl)ccc4C)c(C)cc32)no1. The van der Waals surface area contributed by atoms with Crippen LogP contribution in [0.1, 0.15) is 29.8 Å². The third-order valence-electron chi connectivity index (χ3n) is 5.05. The Balaban J connectivity index is 1.68. The van der Waals surface area contributed by atoms with Crippen LogP contribution in [0.2, 0.25) is 5.02 Å². The molecule has 2 aromatic carbocycles. The number of halogens is 1. The molecule has 0 spiro atoms. The molecule has 0 fully saturated rings. The predicted octanol–water partition coefficient (Wildman–Crippen LogP) is 3.63. The lowest BCUT2D eigenvalue weighted by Gasteiger charge is -2.29. The quantitative estimate of drug-likeness (QED) is 0.577. The zero-order valence-corrected chi connectivity index (χ0v) is 19.2. The zero-order chi connectivity index (χ0) is 23.0. The summed E-state index contributed by atoms with van der Waals surface area (Å²) in [6.45, 7) is 5.18. The number of hydrogen-bond donors (Lipinski definition) is 1. The lowest BCUT2D eigenvalue weighted by molar-refractivity contribution is -0.121. The highest BCUT2D eigenvalue weighted by Gasteiger charge is 2.30. The number of sulfonamides is 1. The maximum atomic E-state index is 13.1. The molecule has 1 amide bonds. The van der Waals surface area contributed by atoms with Gasteiger partial charge < -0.3 is 9.26 Å². The number of fused-ring (bicyclic) bond motifs is 1. The first-order chi connectivity index (χ1) is 15.2. The maximum Gasteiger partial charge on any atom is 0.265 e. The molecule has 1 aliphatic heterocycles. The fraction of sp³-hybridized carbons (Fsp3) is 0.286. The van der Waals surface area contributed by atoms with Crippen LogP contribution < -0.4 is 14.4 Å². The molecule has 4 rings (SSSR count). The Morgan fingerprint density at radius 2 is 1.97 bits per heavy atom. The highest BCUT2D eigenvalue weighted by Crippen LogP contribution is 2.37. The van der Waals surface area contributed by atoms with E-state index in [1.54, 1.807) is 38.1 Å². The Morgan fingerprint density at radius 1 is 1.19 bits per heavy atom. The number of benzene rings is 2. The second-order valence-electron chi connectivity index (χ2n) is 7.38. The number of aromatic nitrogens is 2. The van der Waals surface area contributed by atoms with E-state index < -0.39 is 10.0 Å². The summed E-state index contributed by atoms with van der Waals surface area (Å²) in [5.74, 6) is 0.817. The van der Waals surface area contributed by atoms with Crippen molar-refractivity contribution in [3.63, 3.8) is 0 Å². The number of aryl methyl sites for hydroxylation is 3. The first-order valence-corrected chi connectivity index (χ1v) is 11.7. The molecular weight excluding hydrogens is 456 g/mol. The standard InChI is InChI=1S/C21H21ClN4O5S/c1-4-20-23-19(24-31-20)10-26-16-7-13(3)18(9-17(16)30-11-21(26)27)32(28,29)25-15-8-14(22)6-5-12(15)2/h5-9,25H,4,10-11H2,1-3H3. The average molecular weight is 477 g/mol. The van der Waals surface area contributed by atoms with E-state index in [0.29, 0.717) is 40.1 Å². The van der Waals surface area contributed by atoms with Crippen LogP contribution in [0, 0.1) is 13.8 Å². The molecule has 1 aliphatic rings. The second kappa shape index (κ2) is 8.44. The molecule has 3 aromatic rings. The monoisotopic (exact) mass is 476 g/mol. The van der Waals surface area contributed by atoms with E-state index in [1.165, 1.54) is 11.0 Å². The third-order valence-corrected chi connectivity index (χ3v) is 6.79. The molecule has 0 saturated heterocycles. The number of nitrogens with one attached hydrogen (secondary N) is 1. The van der Waals surface area contributed by atoms with E-state index in [0.717, 1.165) is 5.56 Å². The number of nitrogens with zero attached hydrogens (tertiary/aromatic N) is 3. The van der Waals surface area contributed by atoms with Gasteiger partial charge in [0.2, 0.25) is 5.89 Å². The Bertz CT molecular complexity index is 1310. The summed E-state index contributed by atoms with van der Waals surface area (Å²) in [4.78, 5) is 18.3. The molecule has 9 nitrogen and oxygen atoms in total. The Labute approximate surface area is 190 Å². The molecule has 2 heterocycles. The van der Waals surface area contributed by atoms with Crippen LogP contribution in [0.25, 0.3) is 0 Å². The van der Waals surface area contributed by atoms with E-state index in [-0.39, 0.29) is 29.7 Å². The molecule has 32 heavy (non-hydrogen) atoms. The number of ether oxygens (including phenoxy) is 1. The van der Waals surface area contributed by atoms with E-state index in [9.17, 15) is 13.2 Å². The van der Waals surface area contributed by atoms with Crippen molar-refractivity contribution in [1.29, 1.82) is 0 Å². The summed E-state index contributed by atoms with van der Waals surface area (Å²) in [6, 6.07) is 7.99. The molecule has 1 aromatic heterocycles. The van der Waals surface area contributed by atoms with Crippen molar-refractivity contribution in [1.82, 2.24) is 10.1 Å². The van der Waals surface area contributed by atoms with Crippen molar-refractivity contribution in [3.05, 3.63) is 58.2 Å². The lowest BCUT2D eigenvalue weighted by atomic mass is 10.1. The van der Waals surface area contributed by atoms with Crippen molar-refractivity contribution >= 4 is 38.9 Å². The van der Waals surface area contributed by atoms with E-state index >= 15 is 0 Å². The van der Waals surface area contributed by atoms with Gasteiger partial charge in [0.25, 0.3) is 15.9 Å². The number of carbonyl (C=O) groups excluding carboxylic acids is 1. The van der Waals surface area contributed by atoms with E-state index in [2.05, 4.69) is 14.9 Å². The van der Waals surface area contributed by atoms with E-state index in [1.807, 2.05) is 6.92 Å². The minimum absolute atomic E-state index is 0.0396. The van der Waals surface area contributed by atoms with Crippen LogP contribution in [0.5, 0.6) is 5.75 Å². The number of anilines is 2. The van der Waals surface area contributed by atoms with Crippen LogP contribution in [0.3, 0.4) is 0 Å². The number of rotatable bonds is 6. The maximum absolute atomic E-state index is 13.1. The smallest absolute Gasteiger partial charge is 0.265 e. The molecular formula is C21H21ClN4O5S. The third kappa shape index (κ3) is 4.28. The highest BCUT2D eigenvalue weighted by atomic mass is 35.5. The number of hydrogen-bond acceptors (Lipinski definition) is 7. The minimum atomic E-state index is -3.94. The fourth-order valence-electron chi connectivity index (χ4n) is 3.34. The first-order valence-electron chi connectivity index (χ1n) is 9.86. The normalized spacial score (nSPS) is 13.6. The van der Waals surface area contributed by atoms with Crippen LogP contribution in [-0.4, -0.2) is 31.1 Å². The molecule has 1 N–H and O–H groups in total. The predicted molar refractivity (Wildman–Crippen MR) is 119 cm³/mol. The molecule has 0 unspecified atom stereocenters. The molecule has 0 atom stereocenters. The number of amides is 1. The van der Waals surface area contributed by atoms with Crippen LogP contribution in [-0.2, 0) is 27.8 Å². The van der Waals surface area contributed by atoms with Gasteiger partial charge in [0, 0.05) is 17.5 Å². The van der Waals surface area contributed by atoms with Crippen LogP contribution in [0.4, 0.5) is 11.4 Å². The molecule has 168 valence electrons. The molecule has 0 aliphatic carbocycles. The average Bonchev–Trinajstić information content (AvgIpc) is 3.20. The van der Waals surface area contributed by atoms with Crippen molar-refractivity contribution in [2.75, 3.05) is 16.2 Å². The summed E-state index contributed by atoms with van der Waals surface area (Å²) in [5.41, 5.74) is 2.01. The van der Waals surface area contributed by atoms with Gasteiger partial charge in [-0.15, -0.1) is 0 Å². The highest BCUT2D eigenvalue weighted by molar-refractivity contribution is 7.92. The van der Waals surface area contributed by atoms with Crippen molar-refractivity contribution in [2.45, 2.75) is 38.6 Å². The van der Waals surface area contributed by atoms with Gasteiger partial charge in [-0.3, -0.25) is 14.4 Å². The van der Waals surface area contributed by atoms with Gasteiger partial charge in [-0.2, -0.15) is 4.98 Å². The van der Waals surface area contributed by atoms with Crippen molar-refractivity contribution in [2.24, 2.45) is 0 Å². The Morgan fingerprint density at radius 3 is 2.69 bits per heavy atom. The van der Waals surface area contributed by atoms with Gasteiger partial charge in [0.15, 0.2) is 12.4 Å². The fourth-order valence-corrected chi connectivity index (χ4v) is 4.88. The van der Waals surface area contributed by atoms with Gasteiger partial charge in [-0.25, -0.2) is 8.42 Å². The molecule has 0 radical (unpaired) electrons. The zero-order valence-electron chi connectivity index (χ0n) is 17.7. The van der Waals surface area contributed by atoms with Gasteiger partial charge in [0.05, 0.1) is 22.8 Å². The lowest BCUT2D eigenvalue weighted by Crippen LogP contribution is -2.38. The minimum Gasteiger partial charge on any atom is -0.482 e. The number of carbonyl (C=O) groups is 1. The van der Waals surface area contributed by atoms with Crippen molar-refractivity contribution in [3.8, 4) is 5.75 Å². The summed E-state index contributed by atoms with van der Waals surface area (Å²) < 4.78 is 39.5. The Kier molecular flexibility index (Phi) is 5.83. The largest absolute Gasteiger partial charge is 0.482 e. The van der Waals surface area contributed by atoms with Gasteiger partial charge in [-0.1, -0.05) is 29.7 Å². The molecule has 0 bridgehead atoms. The van der Waals surface area contributed by atoms with Crippen LogP contribution >= 0.6 is 11.6 Å². The summed E-state index contributed by atoms with van der Waals surface area (Å²) in [7, 11) is -3.94. The van der Waals surface area contributed by atoms with E-state index in [4.69, 9.17) is 20.9 Å². The topological polar surface area (TPSA) is 115 Å². The van der Waals surface area contributed by atoms with Gasteiger partial charge >= 0.3 is 0 Å². The Hall–Kier alpha value is -3.11. The molecule has 11 heteroatoms. The van der Waals surface area contributed by atoms with Crippen LogP contribution in [0.15, 0.2) is 39.8 Å². The van der Waals surface area contributed by atoms with Gasteiger partial charge in [0.1, 0.15) is 5.75 Å². The molecule has 0 saturated carbocycles. The van der Waals surface area contributed by atoms with Gasteiger partial charge in [-0.05, 0) is 43.2 Å². The first kappa shape index (κ1) is 22.1.